The van der Waals surface area contributed by atoms with E-state index in [2.05, 4.69) is 4.57 Å². The Morgan fingerprint density at radius 2 is 2.00 bits per heavy atom. The highest BCUT2D eigenvalue weighted by atomic mass is 32.2. The molecule has 7 heteroatoms. The molecule has 0 radical (unpaired) electrons. The number of ether oxygens (including phenoxy) is 1. The van der Waals surface area contributed by atoms with Gasteiger partial charge in [0.1, 0.15) is 5.75 Å². The van der Waals surface area contributed by atoms with Crippen LogP contribution < -0.4 is 4.74 Å². The zero-order valence-electron chi connectivity index (χ0n) is 14.6. The summed E-state index contributed by atoms with van der Waals surface area (Å²) < 4.78 is 35.9. The number of sulfonamides is 1. The van der Waals surface area contributed by atoms with Crippen LogP contribution in [0.3, 0.4) is 0 Å². The van der Waals surface area contributed by atoms with E-state index in [1.807, 2.05) is 42.8 Å². The largest absolute Gasteiger partial charge is 0.496 e. The summed E-state index contributed by atoms with van der Waals surface area (Å²) in [6, 6.07) is 12.7. The van der Waals surface area contributed by atoms with Gasteiger partial charge >= 0.3 is 0 Å². The number of hydrogen-bond acceptors (Lipinski definition) is 4. The molecule has 0 aliphatic carbocycles. The van der Waals surface area contributed by atoms with Gasteiger partial charge in [0.05, 0.1) is 18.0 Å². The molecule has 3 aromatic rings. The zero-order valence-corrected chi connectivity index (χ0v) is 16.3. The molecule has 5 nitrogen and oxygen atoms in total. The van der Waals surface area contributed by atoms with Crippen molar-refractivity contribution < 1.29 is 13.2 Å². The molecule has 0 amide bonds. The summed E-state index contributed by atoms with van der Waals surface area (Å²) in [5.41, 5.74) is 1.81. The predicted molar refractivity (Wildman–Crippen MR) is 102 cm³/mol. The van der Waals surface area contributed by atoms with Crippen LogP contribution in [0.1, 0.15) is 22.2 Å². The van der Waals surface area contributed by atoms with Crippen molar-refractivity contribution in [2.75, 3.05) is 13.7 Å². The fourth-order valence-electron chi connectivity index (χ4n) is 3.50. The van der Waals surface area contributed by atoms with Crippen molar-refractivity contribution >= 4 is 21.4 Å². The molecule has 26 heavy (non-hydrogen) atoms. The van der Waals surface area contributed by atoms with Crippen molar-refractivity contribution in [1.29, 1.82) is 0 Å². The number of fused-ring (bicyclic) bond motifs is 1. The zero-order chi connectivity index (χ0) is 18.3. The highest BCUT2D eigenvalue weighted by Gasteiger charge is 2.38. The van der Waals surface area contributed by atoms with Crippen LogP contribution in [-0.4, -0.2) is 30.9 Å². The lowest BCUT2D eigenvalue weighted by Gasteiger charge is -2.35. The van der Waals surface area contributed by atoms with Crippen molar-refractivity contribution in [3.63, 3.8) is 0 Å². The summed E-state index contributed by atoms with van der Waals surface area (Å²) in [4.78, 5) is 1.33. The number of aryl methyl sites for hydroxylation is 1. The molecular weight excluding hydrogens is 368 g/mol. The van der Waals surface area contributed by atoms with E-state index >= 15 is 0 Å². The van der Waals surface area contributed by atoms with Gasteiger partial charge in [-0.15, -0.1) is 11.3 Å². The van der Waals surface area contributed by atoms with Gasteiger partial charge in [-0.05, 0) is 54.3 Å². The Morgan fingerprint density at radius 3 is 2.69 bits per heavy atom. The second kappa shape index (κ2) is 6.57. The topological polar surface area (TPSA) is 51.5 Å². The van der Waals surface area contributed by atoms with Crippen LogP contribution in [0.25, 0.3) is 0 Å². The van der Waals surface area contributed by atoms with Gasteiger partial charge in [-0.1, -0.05) is 6.07 Å². The number of aromatic nitrogens is 1. The number of methoxy groups -OCH3 is 1. The van der Waals surface area contributed by atoms with Gasteiger partial charge in [0.2, 0.25) is 10.0 Å². The summed E-state index contributed by atoms with van der Waals surface area (Å²) in [7, 11) is -2.05. The Morgan fingerprint density at radius 1 is 1.15 bits per heavy atom. The maximum absolute atomic E-state index is 13.5. The van der Waals surface area contributed by atoms with E-state index in [1.54, 1.807) is 41.0 Å². The maximum atomic E-state index is 13.5. The molecule has 0 saturated carbocycles. The van der Waals surface area contributed by atoms with Crippen LogP contribution >= 0.6 is 11.3 Å². The number of thiophene rings is 1. The van der Waals surface area contributed by atoms with Gasteiger partial charge in [-0.3, -0.25) is 0 Å². The Bertz CT molecular complexity index is 1020. The van der Waals surface area contributed by atoms with E-state index in [9.17, 15) is 8.42 Å². The van der Waals surface area contributed by atoms with Crippen LogP contribution in [0.2, 0.25) is 0 Å². The molecule has 0 N–H and O–H groups in total. The lowest BCUT2D eigenvalue weighted by molar-refractivity contribution is 0.301. The van der Waals surface area contributed by atoms with Gasteiger partial charge < -0.3 is 9.30 Å². The number of rotatable bonds is 4. The first-order valence-electron chi connectivity index (χ1n) is 8.37. The van der Waals surface area contributed by atoms with E-state index in [1.165, 1.54) is 0 Å². The maximum Gasteiger partial charge on any atom is 0.244 e. The predicted octanol–water partition coefficient (Wildman–Crippen LogP) is 3.66. The first-order valence-corrected chi connectivity index (χ1v) is 10.7. The standard InChI is InChI=1S/C19H20N2O3S2/c1-14-13-15(7-8-17(14)24-2)26(22,23)21-11-10-20-9-3-5-16(20)19(21)18-6-4-12-25-18/h3-9,12-13,19H,10-11H2,1-2H3/t19-/m1/s1. The molecule has 1 aromatic carbocycles. The molecule has 1 aliphatic heterocycles. The Hall–Kier alpha value is -2.09. The average Bonchev–Trinajstić information content (AvgIpc) is 3.32. The van der Waals surface area contributed by atoms with Crippen LogP contribution in [-0.2, 0) is 16.6 Å². The highest BCUT2D eigenvalue weighted by molar-refractivity contribution is 7.89. The second-order valence-corrected chi connectivity index (χ2v) is 9.16. The fourth-order valence-corrected chi connectivity index (χ4v) is 6.07. The first kappa shape index (κ1) is 17.3. The lowest BCUT2D eigenvalue weighted by Crippen LogP contribution is -2.42. The lowest BCUT2D eigenvalue weighted by atomic mass is 10.1. The molecule has 0 fully saturated rings. The Kier molecular flexibility index (Phi) is 4.38. The Labute approximate surface area is 157 Å². The molecule has 4 rings (SSSR count). The van der Waals surface area contributed by atoms with Gasteiger partial charge in [0.15, 0.2) is 0 Å². The van der Waals surface area contributed by atoms with Crippen LogP contribution in [0.15, 0.2) is 58.9 Å². The third-order valence-corrected chi connectivity index (χ3v) is 7.56. The summed E-state index contributed by atoms with van der Waals surface area (Å²) in [6.45, 7) is 2.95. The molecule has 136 valence electrons. The van der Waals surface area contributed by atoms with Crippen molar-refractivity contribution in [3.05, 3.63) is 70.2 Å². The van der Waals surface area contributed by atoms with Crippen LogP contribution in [0.5, 0.6) is 5.75 Å². The second-order valence-electron chi connectivity index (χ2n) is 6.29. The average molecular weight is 389 g/mol. The molecule has 0 saturated heterocycles. The normalized spacial score (nSPS) is 17.8. The molecule has 1 aliphatic rings. The van der Waals surface area contributed by atoms with E-state index < -0.39 is 10.0 Å². The monoisotopic (exact) mass is 388 g/mol. The summed E-state index contributed by atoms with van der Waals surface area (Å²) >= 11 is 1.58. The molecule has 1 atom stereocenters. The molecular formula is C19H20N2O3S2. The molecule has 2 aromatic heterocycles. The molecule has 0 bridgehead atoms. The van der Waals surface area contributed by atoms with Crippen molar-refractivity contribution in [2.45, 2.75) is 24.4 Å². The smallest absolute Gasteiger partial charge is 0.244 e. The third kappa shape index (κ3) is 2.76. The van der Waals surface area contributed by atoms with E-state index in [0.29, 0.717) is 23.7 Å². The number of nitrogens with zero attached hydrogens (tertiary/aromatic N) is 2. The molecule has 3 heterocycles. The van der Waals surface area contributed by atoms with Crippen molar-refractivity contribution in [1.82, 2.24) is 8.87 Å². The van der Waals surface area contributed by atoms with E-state index in [0.717, 1.165) is 16.1 Å². The summed E-state index contributed by atoms with van der Waals surface area (Å²) in [5.74, 6) is 0.686. The number of hydrogen-bond donors (Lipinski definition) is 0. The van der Waals surface area contributed by atoms with Gasteiger partial charge in [-0.2, -0.15) is 4.31 Å². The number of benzene rings is 1. The van der Waals surface area contributed by atoms with Crippen molar-refractivity contribution in [3.8, 4) is 5.75 Å². The Balaban J connectivity index is 1.81. The quantitative estimate of drug-likeness (QED) is 0.685. The van der Waals surface area contributed by atoms with E-state index in [-0.39, 0.29) is 6.04 Å². The molecule has 0 unspecified atom stereocenters. The van der Waals surface area contributed by atoms with Crippen LogP contribution in [0.4, 0.5) is 0 Å². The summed E-state index contributed by atoms with van der Waals surface area (Å²) in [6.07, 6.45) is 2.01. The van der Waals surface area contributed by atoms with Gasteiger partial charge in [0.25, 0.3) is 0 Å². The summed E-state index contributed by atoms with van der Waals surface area (Å²) in [5, 5.41) is 1.99. The van der Waals surface area contributed by atoms with E-state index in [4.69, 9.17) is 4.74 Å². The van der Waals surface area contributed by atoms with Crippen molar-refractivity contribution in [2.24, 2.45) is 0 Å². The third-order valence-electron chi connectivity index (χ3n) is 4.78. The highest BCUT2D eigenvalue weighted by Crippen LogP contribution is 2.38. The van der Waals surface area contributed by atoms with Gasteiger partial charge in [-0.25, -0.2) is 8.42 Å². The van der Waals surface area contributed by atoms with Gasteiger partial charge in [0, 0.05) is 29.9 Å². The molecule has 0 spiro atoms. The first-order chi connectivity index (χ1) is 12.5. The minimum atomic E-state index is -3.63. The minimum Gasteiger partial charge on any atom is -0.496 e. The minimum absolute atomic E-state index is 0.300. The fraction of sp³-hybridized carbons (Fsp3) is 0.263. The van der Waals surface area contributed by atoms with Crippen LogP contribution in [0, 0.1) is 6.92 Å². The SMILES string of the molecule is COc1ccc(S(=O)(=O)N2CCn3cccc3[C@@H]2c2cccs2)cc1C.